The molecule has 3 rings (SSSR count). The summed E-state index contributed by atoms with van der Waals surface area (Å²) in [6.07, 6.45) is 1.10. The molecule has 0 aliphatic rings. The van der Waals surface area contributed by atoms with Crippen LogP contribution in [0.3, 0.4) is 0 Å². The number of nitrogens with one attached hydrogen (secondary N) is 1. The lowest BCUT2D eigenvalue weighted by Crippen LogP contribution is -2.51. The third-order valence-corrected chi connectivity index (χ3v) is 5.40. The van der Waals surface area contributed by atoms with Gasteiger partial charge in [0.2, 0.25) is 5.91 Å². The highest BCUT2D eigenvalue weighted by Gasteiger charge is 2.30. The number of amides is 2. The smallest absolute Gasteiger partial charge is 0.261 e. The summed E-state index contributed by atoms with van der Waals surface area (Å²) in [5.74, 6) is 0.170. The van der Waals surface area contributed by atoms with Crippen molar-refractivity contribution in [2.75, 3.05) is 26.9 Å². The predicted octanol–water partition coefficient (Wildman–Crippen LogP) is 3.86. The molecule has 0 bridgehead atoms. The van der Waals surface area contributed by atoms with E-state index in [0.717, 1.165) is 11.1 Å². The first kappa shape index (κ1) is 25.0. The van der Waals surface area contributed by atoms with Gasteiger partial charge in [-0.2, -0.15) is 0 Å². The Hall–Kier alpha value is -3.64. The molecule has 1 N–H and O–H groups in total. The first-order chi connectivity index (χ1) is 16.7. The molecule has 34 heavy (non-hydrogen) atoms. The summed E-state index contributed by atoms with van der Waals surface area (Å²) in [6.45, 7) is 1.19. The minimum Gasteiger partial charge on any atom is -0.484 e. The van der Waals surface area contributed by atoms with Crippen molar-refractivity contribution in [3.63, 3.8) is 0 Å². The Morgan fingerprint density at radius 2 is 1.44 bits per heavy atom. The molecule has 0 saturated carbocycles. The molecule has 3 aromatic rings. The van der Waals surface area contributed by atoms with Crippen LogP contribution < -0.4 is 10.1 Å². The topological polar surface area (TPSA) is 67.9 Å². The Labute approximate surface area is 201 Å². The van der Waals surface area contributed by atoms with Crippen molar-refractivity contribution < 1.29 is 19.1 Å². The fraction of sp³-hybridized carbons (Fsp3) is 0.286. The van der Waals surface area contributed by atoms with Gasteiger partial charge < -0.3 is 19.7 Å². The standard InChI is InChI=1S/C28H32N2O4/c1-33-19-11-18-29-28(32)26(20-23-12-5-2-6-13-23)30(21-24-14-7-3-8-15-24)27(31)22-34-25-16-9-4-10-17-25/h2-10,12-17,26H,11,18-22H2,1H3,(H,29,32)/t26-/m1/s1. The lowest BCUT2D eigenvalue weighted by atomic mass is 10.0. The molecule has 6 heteroatoms. The molecule has 6 nitrogen and oxygen atoms in total. The number of carbonyl (C=O) groups is 2. The van der Waals surface area contributed by atoms with Crippen molar-refractivity contribution in [2.24, 2.45) is 0 Å². The maximum Gasteiger partial charge on any atom is 0.261 e. The Morgan fingerprint density at radius 1 is 0.853 bits per heavy atom. The number of methoxy groups -OCH3 is 1. The van der Waals surface area contributed by atoms with Crippen molar-refractivity contribution >= 4 is 11.8 Å². The van der Waals surface area contributed by atoms with E-state index >= 15 is 0 Å². The molecule has 0 heterocycles. The lowest BCUT2D eigenvalue weighted by Gasteiger charge is -2.31. The third-order valence-electron chi connectivity index (χ3n) is 5.40. The highest BCUT2D eigenvalue weighted by Crippen LogP contribution is 2.16. The number of carbonyl (C=O) groups excluding carboxylic acids is 2. The van der Waals surface area contributed by atoms with Crippen molar-refractivity contribution in [1.29, 1.82) is 0 Å². The van der Waals surface area contributed by atoms with E-state index in [-0.39, 0.29) is 18.4 Å². The monoisotopic (exact) mass is 460 g/mol. The van der Waals surface area contributed by atoms with Gasteiger partial charge in [-0.15, -0.1) is 0 Å². The molecule has 0 unspecified atom stereocenters. The third kappa shape index (κ3) is 8.05. The van der Waals surface area contributed by atoms with Crippen LogP contribution in [0.2, 0.25) is 0 Å². The van der Waals surface area contributed by atoms with Gasteiger partial charge in [-0.05, 0) is 29.7 Å². The maximum atomic E-state index is 13.4. The summed E-state index contributed by atoms with van der Waals surface area (Å²) in [4.78, 5) is 28.4. The van der Waals surface area contributed by atoms with Gasteiger partial charge in [0, 0.05) is 33.2 Å². The number of para-hydroxylation sites is 1. The van der Waals surface area contributed by atoms with Gasteiger partial charge in [0.15, 0.2) is 6.61 Å². The van der Waals surface area contributed by atoms with Gasteiger partial charge >= 0.3 is 0 Å². The summed E-state index contributed by atoms with van der Waals surface area (Å²) in [5.41, 5.74) is 1.93. The van der Waals surface area contributed by atoms with E-state index in [9.17, 15) is 9.59 Å². The van der Waals surface area contributed by atoms with Gasteiger partial charge in [-0.25, -0.2) is 0 Å². The zero-order valence-corrected chi connectivity index (χ0v) is 19.6. The van der Waals surface area contributed by atoms with Crippen molar-refractivity contribution in [3.8, 4) is 5.75 Å². The normalized spacial score (nSPS) is 11.4. The van der Waals surface area contributed by atoms with Crippen LogP contribution >= 0.6 is 0 Å². The van der Waals surface area contributed by atoms with Crippen LogP contribution in [0.15, 0.2) is 91.0 Å². The quantitative estimate of drug-likeness (QED) is 0.394. The first-order valence-corrected chi connectivity index (χ1v) is 11.5. The number of nitrogens with zero attached hydrogens (tertiary/aromatic N) is 1. The van der Waals surface area contributed by atoms with Crippen molar-refractivity contribution in [1.82, 2.24) is 10.2 Å². The minimum atomic E-state index is -0.683. The molecule has 0 fully saturated rings. The van der Waals surface area contributed by atoms with Gasteiger partial charge in [0.05, 0.1) is 0 Å². The molecular weight excluding hydrogens is 428 g/mol. The van der Waals surface area contributed by atoms with E-state index in [0.29, 0.717) is 38.3 Å². The Balaban J connectivity index is 1.83. The molecule has 0 spiro atoms. The van der Waals surface area contributed by atoms with Gasteiger partial charge in [0.25, 0.3) is 5.91 Å². The summed E-state index contributed by atoms with van der Waals surface area (Å²) in [5, 5.41) is 2.98. The summed E-state index contributed by atoms with van der Waals surface area (Å²) < 4.78 is 10.8. The van der Waals surface area contributed by atoms with Gasteiger partial charge in [0.1, 0.15) is 11.8 Å². The molecule has 0 aromatic heterocycles. The van der Waals surface area contributed by atoms with E-state index in [2.05, 4.69) is 5.32 Å². The van der Waals surface area contributed by atoms with E-state index in [1.165, 1.54) is 0 Å². The molecule has 0 aliphatic carbocycles. The number of hydrogen-bond acceptors (Lipinski definition) is 4. The number of ether oxygens (including phenoxy) is 2. The maximum absolute atomic E-state index is 13.4. The van der Waals surface area contributed by atoms with E-state index < -0.39 is 6.04 Å². The summed E-state index contributed by atoms with van der Waals surface area (Å²) in [6, 6.07) is 28.0. The molecule has 0 saturated heterocycles. The average Bonchev–Trinajstić information content (AvgIpc) is 2.89. The number of benzene rings is 3. The highest BCUT2D eigenvalue weighted by atomic mass is 16.5. The zero-order valence-electron chi connectivity index (χ0n) is 19.6. The van der Waals surface area contributed by atoms with Crippen LogP contribution in [0.1, 0.15) is 17.5 Å². The summed E-state index contributed by atoms with van der Waals surface area (Å²) >= 11 is 0. The predicted molar refractivity (Wildman–Crippen MR) is 132 cm³/mol. The second-order valence-corrected chi connectivity index (χ2v) is 7.95. The van der Waals surface area contributed by atoms with E-state index in [4.69, 9.17) is 9.47 Å². The van der Waals surface area contributed by atoms with E-state index in [1.54, 1.807) is 24.1 Å². The first-order valence-electron chi connectivity index (χ1n) is 11.5. The molecule has 1 atom stereocenters. The van der Waals surface area contributed by atoms with Crippen LogP contribution in [0.5, 0.6) is 5.75 Å². The van der Waals surface area contributed by atoms with Crippen molar-refractivity contribution in [3.05, 3.63) is 102 Å². The fourth-order valence-corrected chi connectivity index (χ4v) is 3.62. The van der Waals surface area contributed by atoms with Gasteiger partial charge in [-0.3, -0.25) is 9.59 Å². The lowest BCUT2D eigenvalue weighted by molar-refractivity contribution is -0.142. The minimum absolute atomic E-state index is 0.154. The summed E-state index contributed by atoms with van der Waals surface area (Å²) in [7, 11) is 1.63. The Kier molecular flexibility index (Phi) is 10.1. The SMILES string of the molecule is COCCCNC(=O)[C@@H](Cc1ccccc1)N(Cc1ccccc1)C(=O)COc1ccccc1. The largest absolute Gasteiger partial charge is 0.484 e. The molecule has 2 amide bonds. The molecule has 0 aliphatic heterocycles. The Bertz CT molecular complexity index is 997. The average molecular weight is 461 g/mol. The number of hydrogen-bond donors (Lipinski definition) is 1. The molecular formula is C28H32N2O4. The molecule has 3 aromatic carbocycles. The molecule has 178 valence electrons. The fourth-order valence-electron chi connectivity index (χ4n) is 3.62. The van der Waals surface area contributed by atoms with Crippen LogP contribution in [-0.4, -0.2) is 49.6 Å². The zero-order chi connectivity index (χ0) is 24.0. The Morgan fingerprint density at radius 3 is 2.06 bits per heavy atom. The second kappa shape index (κ2) is 13.8. The van der Waals surface area contributed by atoms with Crippen LogP contribution in [0.25, 0.3) is 0 Å². The van der Waals surface area contributed by atoms with E-state index in [1.807, 2.05) is 78.9 Å². The number of rotatable bonds is 13. The second-order valence-electron chi connectivity index (χ2n) is 7.95. The highest BCUT2D eigenvalue weighted by molar-refractivity contribution is 5.88. The van der Waals surface area contributed by atoms with Crippen LogP contribution in [0, 0.1) is 0 Å². The molecule has 0 radical (unpaired) electrons. The van der Waals surface area contributed by atoms with Gasteiger partial charge in [-0.1, -0.05) is 78.9 Å². The van der Waals surface area contributed by atoms with Crippen molar-refractivity contribution in [2.45, 2.75) is 25.4 Å². The van der Waals surface area contributed by atoms with Crippen LogP contribution in [-0.2, 0) is 27.3 Å². The van der Waals surface area contributed by atoms with Crippen LogP contribution in [0.4, 0.5) is 0 Å².